The molecule has 0 amide bonds. The number of ether oxygens (including phenoxy) is 11. The van der Waals surface area contributed by atoms with Crippen molar-refractivity contribution < 1.29 is 76.4 Å². The van der Waals surface area contributed by atoms with Crippen LogP contribution in [0, 0.1) is 17.8 Å². The van der Waals surface area contributed by atoms with Gasteiger partial charge in [0.05, 0.1) is 31.0 Å². The molecule has 0 radical (unpaired) electrons. The first-order chi connectivity index (χ1) is 27.0. The lowest BCUT2D eigenvalue weighted by Crippen LogP contribution is -2.60. The first-order valence-corrected chi connectivity index (χ1v) is 20.0. The molecular weight excluding hydrogens is 748 g/mol. The molecular formula is C41H64O16. The molecule has 0 aromatic rings. The van der Waals surface area contributed by atoms with Crippen molar-refractivity contribution in [1.82, 2.24) is 0 Å². The van der Waals surface area contributed by atoms with Crippen molar-refractivity contribution in [3.63, 3.8) is 0 Å². The summed E-state index contributed by atoms with van der Waals surface area (Å²) in [6, 6.07) is 0. The van der Waals surface area contributed by atoms with Crippen LogP contribution in [-0.4, -0.2) is 142 Å². The monoisotopic (exact) mass is 812 g/mol. The Morgan fingerprint density at radius 3 is 2.05 bits per heavy atom. The Balaban J connectivity index is 1.57. The lowest BCUT2D eigenvalue weighted by Gasteiger charge is -2.44. The number of hydrogen-bond acceptors (Lipinski definition) is 16. The summed E-state index contributed by atoms with van der Waals surface area (Å²) in [6.07, 6.45) is -2.39. The highest BCUT2D eigenvalue weighted by Crippen LogP contribution is 2.37. The molecule has 4 aliphatic rings. The average molecular weight is 813 g/mol. The molecule has 4 aliphatic heterocycles. The van der Waals surface area contributed by atoms with Gasteiger partial charge in [-0.3, -0.25) is 14.4 Å². The number of cyclic esters (lactones) is 1. The summed E-state index contributed by atoms with van der Waals surface area (Å²) in [5.41, 5.74) is -1.80. The van der Waals surface area contributed by atoms with Crippen LogP contribution >= 0.6 is 0 Å². The lowest BCUT2D eigenvalue weighted by molar-refractivity contribution is -0.307. The number of rotatable bonds is 12. The predicted molar refractivity (Wildman–Crippen MR) is 201 cm³/mol. The first-order valence-electron chi connectivity index (χ1n) is 20.0. The molecule has 0 spiro atoms. The highest BCUT2D eigenvalue weighted by molar-refractivity contribution is 5.96. The van der Waals surface area contributed by atoms with Gasteiger partial charge in [0, 0.05) is 58.5 Å². The van der Waals surface area contributed by atoms with Crippen LogP contribution in [0.2, 0.25) is 0 Å². The molecule has 16 heteroatoms. The van der Waals surface area contributed by atoms with Gasteiger partial charge in [0.1, 0.15) is 36.1 Å². The van der Waals surface area contributed by atoms with Crippen molar-refractivity contribution in [2.24, 2.45) is 17.8 Å². The Labute approximate surface area is 336 Å². The number of fused-ring (bicyclic) bond motifs is 1. The topological polar surface area (TPSA) is 193 Å². The number of epoxide rings is 1. The summed E-state index contributed by atoms with van der Waals surface area (Å²) in [4.78, 5) is 51.6. The Morgan fingerprint density at radius 2 is 1.44 bits per heavy atom. The second-order valence-electron chi connectivity index (χ2n) is 15.8. The van der Waals surface area contributed by atoms with Gasteiger partial charge in [-0.1, -0.05) is 33.8 Å². The van der Waals surface area contributed by atoms with Crippen LogP contribution in [0.4, 0.5) is 0 Å². The van der Waals surface area contributed by atoms with E-state index in [4.69, 9.17) is 52.1 Å². The molecule has 17 unspecified atom stereocenters. The van der Waals surface area contributed by atoms with E-state index >= 15 is 0 Å². The summed E-state index contributed by atoms with van der Waals surface area (Å²) in [5, 5.41) is 11.5. The predicted octanol–water partition coefficient (Wildman–Crippen LogP) is 3.38. The zero-order chi connectivity index (χ0) is 42.2. The molecule has 0 aromatic heterocycles. The van der Waals surface area contributed by atoms with Crippen molar-refractivity contribution in [2.75, 3.05) is 27.9 Å². The fraction of sp³-hybridized carbons (Fsp3) is 0.805. The Kier molecular flexibility index (Phi) is 17.2. The molecule has 16 nitrogen and oxygen atoms in total. The standard InChI is InChI=1S/C41H64O16/c1-12-30(43)55-34-25(7)53-39(38(49-11)37(34)48-10)50-20-26-24(6)52-32(45)17-14-21(3)33(22(4)19-41(8,46)29(42)16-15-27-35(26)54-27)57-40-36(56-31(44)13-2)28(47-9)18-23(5)51-40/h14-17,21-28,33-40,46H,12-13,18-20H2,1-11H3/b16-15+,17-14+. The number of carbonyl (C=O) groups excluding carboxylic acids is 4. The van der Waals surface area contributed by atoms with Gasteiger partial charge in [0.15, 0.2) is 30.6 Å². The number of aliphatic hydroxyl groups is 1. The smallest absolute Gasteiger partial charge is 0.330 e. The van der Waals surface area contributed by atoms with Crippen LogP contribution in [0.1, 0.15) is 81.1 Å². The van der Waals surface area contributed by atoms with Gasteiger partial charge in [0.2, 0.25) is 0 Å². The van der Waals surface area contributed by atoms with Gasteiger partial charge in [-0.25, -0.2) is 4.79 Å². The molecule has 17 atom stereocenters. The van der Waals surface area contributed by atoms with Gasteiger partial charge in [-0.2, -0.15) is 0 Å². The molecule has 4 rings (SSSR count). The van der Waals surface area contributed by atoms with E-state index in [1.54, 1.807) is 39.8 Å². The fourth-order valence-corrected chi connectivity index (χ4v) is 7.85. The van der Waals surface area contributed by atoms with Crippen molar-refractivity contribution in [2.45, 2.75) is 166 Å². The second-order valence-corrected chi connectivity index (χ2v) is 15.8. The number of carbonyl (C=O) groups is 4. The maximum absolute atomic E-state index is 13.5. The van der Waals surface area contributed by atoms with E-state index in [1.165, 1.54) is 40.4 Å². The Bertz CT molecular complexity index is 1410. The molecule has 0 aromatic carbocycles. The lowest BCUT2D eigenvalue weighted by atomic mass is 9.82. The minimum Gasteiger partial charge on any atom is -0.459 e. The molecule has 0 bridgehead atoms. The Morgan fingerprint density at radius 1 is 0.789 bits per heavy atom. The first kappa shape index (κ1) is 46.9. The van der Waals surface area contributed by atoms with E-state index in [1.807, 2.05) is 20.8 Å². The third kappa shape index (κ3) is 12.1. The SMILES string of the molecule is CCC(=O)OC1C(OC)CC(C)OC1OC1C(C)/C=C/C(=O)OC(C)C(COC2OC(C)C(OC(=O)CC)C(OC)C2OC)C2OC2/C=C/C(=O)C(C)(O)CC1C. The van der Waals surface area contributed by atoms with Gasteiger partial charge in [-0.15, -0.1) is 0 Å². The molecule has 4 heterocycles. The van der Waals surface area contributed by atoms with Gasteiger partial charge >= 0.3 is 17.9 Å². The molecule has 324 valence electrons. The normalized spacial score (nSPS) is 42.9. The van der Waals surface area contributed by atoms with E-state index in [-0.39, 0.29) is 32.0 Å². The number of ketones is 1. The van der Waals surface area contributed by atoms with Gasteiger partial charge in [0.25, 0.3) is 0 Å². The molecule has 0 saturated carbocycles. The van der Waals surface area contributed by atoms with E-state index in [2.05, 4.69) is 0 Å². The fourth-order valence-electron chi connectivity index (χ4n) is 7.85. The van der Waals surface area contributed by atoms with Crippen LogP contribution in [0.25, 0.3) is 0 Å². The molecule has 3 saturated heterocycles. The number of methoxy groups -OCH3 is 3. The van der Waals surface area contributed by atoms with Crippen LogP contribution < -0.4 is 0 Å². The van der Waals surface area contributed by atoms with Crippen molar-refractivity contribution >= 4 is 23.7 Å². The molecule has 1 N–H and O–H groups in total. The van der Waals surface area contributed by atoms with Crippen LogP contribution in [0.5, 0.6) is 0 Å². The third-order valence-electron chi connectivity index (χ3n) is 11.2. The minimum absolute atomic E-state index is 0.0112. The van der Waals surface area contributed by atoms with Crippen molar-refractivity contribution in [3.8, 4) is 0 Å². The summed E-state index contributed by atoms with van der Waals surface area (Å²) in [6.45, 7) is 13.8. The van der Waals surface area contributed by atoms with Crippen molar-refractivity contribution in [1.29, 1.82) is 0 Å². The van der Waals surface area contributed by atoms with E-state index in [9.17, 15) is 24.3 Å². The Hall–Kier alpha value is -2.80. The zero-order valence-electron chi connectivity index (χ0n) is 35.2. The van der Waals surface area contributed by atoms with Crippen LogP contribution in [0.3, 0.4) is 0 Å². The average Bonchev–Trinajstić information content (AvgIpc) is 3.94. The summed E-state index contributed by atoms with van der Waals surface area (Å²) in [7, 11) is 4.49. The molecule has 0 aliphatic carbocycles. The van der Waals surface area contributed by atoms with Crippen molar-refractivity contribution in [3.05, 3.63) is 24.3 Å². The summed E-state index contributed by atoms with van der Waals surface area (Å²) < 4.78 is 65.6. The van der Waals surface area contributed by atoms with E-state index < -0.39 is 121 Å². The number of esters is 3. The maximum Gasteiger partial charge on any atom is 0.330 e. The molecule has 3 fully saturated rings. The zero-order valence-corrected chi connectivity index (χ0v) is 35.2. The van der Waals surface area contributed by atoms with Gasteiger partial charge in [-0.05, 0) is 52.2 Å². The summed E-state index contributed by atoms with van der Waals surface area (Å²) >= 11 is 0. The van der Waals surface area contributed by atoms with Gasteiger partial charge < -0.3 is 57.2 Å². The number of hydrogen-bond donors (Lipinski definition) is 1. The third-order valence-corrected chi connectivity index (χ3v) is 11.2. The highest BCUT2D eigenvalue weighted by atomic mass is 16.7. The second kappa shape index (κ2) is 20.9. The highest BCUT2D eigenvalue weighted by Gasteiger charge is 2.51. The molecule has 57 heavy (non-hydrogen) atoms. The minimum atomic E-state index is -1.80. The summed E-state index contributed by atoms with van der Waals surface area (Å²) in [5.74, 6) is -3.50. The van der Waals surface area contributed by atoms with Crippen LogP contribution in [-0.2, 0) is 71.3 Å². The van der Waals surface area contributed by atoms with E-state index in [0.717, 1.165) is 0 Å². The quantitative estimate of drug-likeness (QED) is 0.171. The van der Waals surface area contributed by atoms with Crippen LogP contribution in [0.15, 0.2) is 24.3 Å². The maximum atomic E-state index is 13.5. The largest absolute Gasteiger partial charge is 0.459 e. The van der Waals surface area contributed by atoms with E-state index in [0.29, 0.717) is 6.42 Å².